The van der Waals surface area contributed by atoms with Gasteiger partial charge in [-0.2, -0.15) is 0 Å². The third kappa shape index (κ3) is 3.59. The van der Waals surface area contributed by atoms with Crippen molar-refractivity contribution in [1.29, 1.82) is 0 Å². The Morgan fingerprint density at radius 1 is 0.667 bits per heavy atom. The van der Waals surface area contributed by atoms with Crippen LogP contribution < -0.4 is 0 Å². The van der Waals surface area contributed by atoms with Gasteiger partial charge in [0.05, 0.1) is 33.2 Å². The molecule has 4 heterocycles. The molecule has 0 bridgehead atoms. The predicted octanol–water partition coefficient (Wildman–Crippen LogP) is 9.38. The lowest BCUT2D eigenvalue weighted by atomic mass is 10.1. The van der Waals surface area contributed by atoms with Crippen molar-refractivity contribution >= 4 is 43.4 Å². The summed E-state index contributed by atoms with van der Waals surface area (Å²) >= 11 is 1.71. The molecule has 0 aliphatic heterocycles. The van der Waals surface area contributed by atoms with Crippen molar-refractivity contribution in [3.8, 4) is 38.8 Å². The molecule has 0 N–H and O–H groups in total. The molecule has 0 aliphatic carbocycles. The van der Waals surface area contributed by atoms with Gasteiger partial charge in [-0.1, -0.05) is 54.6 Å². The molecule has 4 aromatic heterocycles. The highest BCUT2D eigenvalue weighted by molar-refractivity contribution is 7.21. The number of rotatable bonds is 4. The van der Waals surface area contributed by atoms with Gasteiger partial charge in [-0.15, -0.1) is 11.3 Å². The maximum Gasteiger partial charge on any atom is 0.136 e. The van der Waals surface area contributed by atoms with Crippen LogP contribution in [0.3, 0.4) is 0 Å². The van der Waals surface area contributed by atoms with Crippen molar-refractivity contribution in [2.75, 3.05) is 0 Å². The molecule has 0 fully saturated rings. The zero-order chi connectivity index (χ0) is 25.8. The van der Waals surface area contributed by atoms with E-state index in [9.17, 15) is 0 Å². The summed E-state index contributed by atoms with van der Waals surface area (Å²) in [5.41, 5.74) is 8.56. The Balaban J connectivity index is 1.34. The fourth-order valence-electron chi connectivity index (χ4n) is 5.42. The number of fused-ring (bicyclic) bond motifs is 4. The van der Waals surface area contributed by atoms with E-state index >= 15 is 0 Å². The average molecular weight is 520 g/mol. The third-order valence-electron chi connectivity index (χ3n) is 7.19. The first-order chi connectivity index (χ1) is 19.3. The van der Waals surface area contributed by atoms with Crippen molar-refractivity contribution in [3.05, 3.63) is 128 Å². The Hall–Kier alpha value is -5.00. The summed E-state index contributed by atoms with van der Waals surface area (Å²) in [5.74, 6) is 0.834. The second-order valence-corrected chi connectivity index (χ2v) is 10.5. The maximum atomic E-state index is 5.70. The van der Waals surface area contributed by atoms with Gasteiger partial charge in [0.15, 0.2) is 0 Å². The number of pyridine rings is 1. The molecule has 4 aromatic carbocycles. The van der Waals surface area contributed by atoms with Gasteiger partial charge in [0.1, 0.15) is 10.8 Å². The summed E-state index contributed by atoms with van der Waals surface area (Å²) in [6.45, 7) is 0. The van der Waals surface area contributed by atoms with Crippen molar-refractivity contribution in [2.24, 2.45) is 0 Å². The van der Waals surface area contributed by atoms with E-state index in [4.69, 9.17) is 9.40 Å². The van der Waals surface area contributed by atoms with Gasteiger partial charge in [0.25, 0.3) is 0 Å². The Kier molecular flexibility index (Phi) is 4.96. The van der Waals surface area contributed by atoms with Crippen LogP contribution in [-0.4, -0.2) is 14.5 Å². The number of hydrogen-bond acceptors (Lipinski definition) is 4. The Morgan fingerprint density at radius 2 is 1.56 bits per heavy atom. The van der Waals surface area contributed by atoms with Crippen LogP contribution in [0, 0.1) is 0 Å². The number of benzene rings is 4. The number of hydrogen-bond donors (Lipinski definition) is 0. The standard InChI is InChI=1S/C34H21N3OS/c1-2-13-29-25(10-1)26-17-16-23(34-36-33-27(31-14-7-19-38-31)11-6-15-32(33)39-34)21-30(26)37(29)24-9-5-8-22(20-24)28-12-3-4-18-35-28/h1-21H. The predicted molar refractivity (Wildman–Crippen MR) is 160 cm³/mol. The summed E-state index contributed by atoms with van der Waals surface area (Å²) in [6, 6.07) is 40.1. The van der Waals surface area contributed by atoms with E-state index in [1.807, 2.05) is 36.5 Å². The molecule has 8 aromatic rings. The summed E-state index contributed by atoms with van der Waals surface area (Å²) in [7, 11) is 0. The normalized spacial score (nSPS) is 11.6. The molecule has 0 saturated carbocycles. The zero-order valence-corrected chi connectivity index (χ0v) is 21.6. The highest BCUT2D eigenvalue weighted by Gasteiger charge is 2.17. The van der Waals surface area contributed by atoms with E-state index in [1.165, 1.54) is 16.3 Å². The fourth-order valence-corrected chi connectivity index (χ4v) is 6.41. The summed E-state index contributed by atoms with van der Waals surface area (Å²) in [4.78, 5) is 9.67. The van der Waals surface area contributed by atoms with Gasteiger partial charge in [0.2, 0.25) is 0 Å². The quantitative estimate of drug-likeness (QED) is 0.233. The van der Waals surface area contributed by atoms with Crippen LogP contribution in [0.15, 0.2) is 132 Å². The molecule has 0 aliphatic rings. The van der Waals surface area contributed by atoms with Crippen molar-refractivity contribution in [2.45, 2.75) is 0 Å². The fraction of sp³-hybridized carbons (Fsp3) is 0. The van der Waals surface area contributed by atoms with Crippen LogP contribution in [0.4, 0.5) is 0 Å². The third-order valence-corrected chi connectivity index (χ3v) is 8.26. The SMILES string of the molecule is c1ccc(-c2cccc(-n3c4ccccc4c4ccc(-c5nc6c(-c7ccco7)cccc6s5)cc43)c2)nc1. The first kappa shape index (κ1) is 22.0. The molecular weight excluding hydrogens is 498 g/mol. The molecule has 8 rings (SSSR count). The highest BCUT2D eigenvalue weighted by atomic mass is 32.1. The molecule has 0 spiro atoms. The second-order valence-electron chi connectivity index (χ2n) is 9.50. The molecular formula is C34H21N3OS. The van der Waals surface area contributed by atoms with Gasteiger partial charge < -0.3 is 8.98 Å². The molecule has 5 heteroatoms. The van der Waals surface area contributed by atoms with Crippen molar-refractivity contribution in [3.63, 3.8) is 0 Å². The highest BCUT2D eigenvalue weighted by Crippen LogP contribution is 2.39. The van der Waals surface area contributed by atoms with Crippen LogP contribution >= 0.6 is 11.3 Å². The number of nitrogens with zero attached hydrogens (tertiary/aromatic N) is 3. The lowest BCUT2D eigenvalue weighted by Gasteiger charge is -2.10. The van der Waals surface area contributed by atoms with E-state index in [0.717, 1.165) is 54.6 Å². The van der Waals surface area contributed by atoms with E-state index in [0.29, 0.717) is 0 Å². The van der Waals surface area contributed by atoms with Crippen molar-refractivity contribution in [1.82, 2.24) is 14.5 Å². The molecule has 0 atom stereocenters. The zero-order valence-electron chi connectivity index (χ0n) is 20.8. The summed E-state index contributed by atoms with van der Waals surface area (Å²) in [6.07, 6.45) is 3.54. The number of aromatic nitrogens is 3. The largest absolute Gasteiger partial charge is 0.464 e. The lowest BCUT2D eigenvalue weighted by molar-refractivity contribution is 0.583. The van der Waals surface area contributed by atoms with Gasteiger partial charge in [-0.3, -0.25) is 4.98 Å². The van der Waals surface area contributed by atoms with Crippen LogP contribution in [0.2, 0.25) is 0 Å². The van der Waals surface area contributed by atoms with Crippen LogP contribution in [0.25, 0.3) is 70.9 Å². The molecule has 0 saturated heterocycles. The minimum Gasteiger partial charge on any atom is -0.464 e. The van der Waals surface area contributed by atoms with Gasteiger partial charge >= 0.3 is 0 Å². The van der Waals surface area contributed by atoms with E-state index in [-0.39, 0.29) is 0 Å². The topological polar surface area (TPSA) is 43.9 Å². The van der Waals surface area contributed by atoms with Crippen molar-refractivity contribution < 1.29 is 4.42 Å². The van der Waals surface area contributed by atoms with Gasteiger partial charge in [-0.25, -0.2) is 4.98 Å². The minimum atomic E-state index is 0.834. The van der Waals surface area contributed by atoms with Crippen LogP contribution in [0.5, 0.6) is 0 Å². The molecule has 0 radical (unpaired) electrons. The molecule has 39 heavy (non-hydrogen) atoms. The minimum absolute atomic E-state index is 0.834. The summed E-state index contributed by atoms with van der Waals surface area (Å²) < 4.78 is 9.19. The molecule has 184 valence electrons. The monoisotopic (exact) mass is 519 g/mol. The Morgan fingerprint density at radius 3 is 2.46 bits per heavy atom. The van der Waals surface area contributed by atoms with E-state index < -0.39 is 0 Å². The number of para-hydroxylation sites is 2. The first-order valence-corrected chi connectivity index (χ1v) is 13.6. The van der Waals surface area contributed by atoms with Crippen LogP contribution in [0.1, 0.15) is 0 Å². The molecule has 0 amide bonds. The Labute approximate surface area is 228 Å². The van der Waals surface area contributed by atoms with E-state index in [1.54, 1.807) is 17.6 Å². The Bertz CT molecular complexity index is 2120. The van der Waals surface area contributed by atoms with Gasteiger partial charge in [-0.05, 0) is 60.7 Å². The van der Waals surface area contributed by atoms with Gasteiger partial charge in [0, 0.05) is 39.3 Å². The van der Waals surface area contributed by atoms with Crippen LogP contribution in [-0.2, 0) is 0 Å². The average Bonchev–Trinajstić information content (AvgIpc) is 3.75. The molecule has 0 unspecified atom stereocenters. The smallest absolute Gasteiger partial charge is 0.136 e. The maximum absolute atomic E-state index is 5.70. The summed E-state index contributed by atoms with van der Waals surface area (Å²) in [5, 5.41) is 3.44. The first-order valence-electron chi connectivity index (χ1n) is 12.8. The lowest BCUT2D eigenvalue weighted by Crippen LogP contribution is -1.95. The number of furan rings is 1. The second kappa shape index (κ2) is 8.79. The molecule has 4 nitrogen and oxygen atoms in total. The number of thiazole rings is 1. The van der Waals surface area contributed by atoms with E-state index in [2.05, 4.69) is 94.5 Å².